The first-order valence-electron chi connectivity index (χ1n) is 20.7. The van der Waals surface area contributed by atoms with Crippen LogP contribution in [0.3, 0.4) is 0 Å². The topological polar surface area (TPSA) is 83.0 Å². The van der Waals surface area contributed by atoms with Crippen molar-refractivity contribution in [2.24, 2.45) is 0 Å². The number of rotatable bonds is 4. The molecule has 7 heteroatoms. The third-order valence-electron chi connectivity index (χ3n) is 12.4. The van der Waals surface area contributed by atoms with E-state index >= 15 is 0 Å². The summed E-state index contributed by atoms with van der Waals surface area (Å²) in [6.45, 7) is 0. The highest BCUT2D eigenvalue weighted by atomic mass is 16.3. The molecule has 288 valence electrons. The van der Waals surface area contributed by atoms with Crippen LogP contribution in [-0.4, -0.2) is 19.5 Å². The molecule has 0 fully saturated rings. The zero-order chi connectivity index (χ0) is 40.5. The molecule has 0 aliphatic carbocycles. The van der Waals surface area contributed by atoms with Crippen LogP contribution in [0.25, 0.3) is 138 Å². The van der Waals surface area contributed by atoms with Crippen LogP contribution in [0.2, 0.25) is 0 Å². The summed E-state index contributed by atoms with van der Waals surface area (Å²) in [6, 6.07) is 62.6. The van der Waals surface area contributed by atoms with Crippen molar-refractivity contribution in [2.45, 2.75) is 0 Å². The van der Waals surface area contributed by atoms with Gasteiger partial charge in [0.15, 0.2) is 17.5 Å². The van der Waals surface area contributed by atoms with E-state index < -0.39 is 0 Å². The van der Waals surface area contributed by atoms with E-state index in [1.54, 1.807) is 0 Å². The van der Waals surface area contributed by atoms with Crippen LogP contribution in [0.15, 0.2) is 195 Å². The zero-order valence-electron chi connectivity index (χ0n) is 32.8. The summed E-state index contributed by atoms with van der Waals surface area (Å²) in [5.74, 6) is 1.53. The molecule has 0 bridgehead atoms. The van der Waals surface area contributed by atoms with Crippen LogP contribution in [0.5, 0.6) is 0 Å². The lowest BCUT2D eigenvalue weighted by molar-refractivity contribution is 0.668. The molecule has 0 amide bonds. The van der Waals surface area contributed by atoms with Crippen molar-refractivity contribution in [3.05, 3.63) is 182 Å². The second kappa shape index (κ2) is 12.5. The van der Waals surface area contributed by atoms with Gasteiger partial charge >= 0.3 is 0 Å². The molecule has 0 radical (unpaired) electrons. The van der Waals surface area contributed by atoms with Gasteiger partial charge in [0.1, 0.15) is 33.5 Å². The van der Waals surface area contributed by atoms with Crippen molar-refractivity contribution in [3.8, 4) is 39.9 Å². The average Bonchev–Trinajstić information content (AvgIpc) is 4.09. The molecule has 14 rings (SSSR count). The van der Waals surface area contributed by atoms with Crippen LogP contribution in [0.1, 0.15) is 0 Å². The minimum atomic E-state index is 0.489. The van der Waals surface area contributed by atoms with E-state index in [1.807, 2.05) is 72.8 Å². The lowest BCUT2D eigenvalue weighted by atomic mass is 10.0. The Labute approximate surface area is 351 Å². The van der Waals surface area contributed by atoms with Crippen molar-refractivity contribution in [1.82, 2.24) is 19.5 Å². The van der Waals surface area contributed by atoms with Crippen LogP contribution in [0, 0.1) is 0 Å². The minimum absolute atomic E-state index is 0.489. The molecule has 5 heterocycles. The second-order valence-electron chi connectivity index (χ2n) is 15.9. The van der Waals surface area contributed by atoms with Gasteiger partial charge < -0.3 is 17.8 Å². The van der Waals surface area contributed by atoms with Crippen molar-refractivity contribution in [2.75, 3.05) is 0 Å². The molecule has 0 aliphatic rings. The standard InChI is InChI=1S/C55H30N4O3/c1-2-14-32-30-43-40(29-31(32)13-1)33-15-3-7-21-41(33)59(43)42-28-27-39(52-51(42)36-18-6-10-24-46(36)62-52)55-57-53(37-19-11-25-47-49(37)34-16-4-8-22-44(34)60-47)56-54(58-55)38-20-12-26-48-50(38)35-17-5-9-23-45(35)61-48/h1-30H. The maximum Gasteiger partial charge on any atom is 0.167 e. The summed E-state index contributed by atoms with van der Waals surface area (Å²) in [5.41, 5.74) is 10.3. The highest BCUT2D eigenvalue weighted by Gasteiger charge is 2.25. The van der Waals surface area contributed by atoms with Crippen LogP contribution in [-0.2, 0) is 0 Å². The van der Waals surface area contributed by atoms with Crippen molar-refractivity contribution in [1.29, 1.82) is 0 Å². The summed E-state index contributed by atoms with van der Waals surface area (Å²) < 4.78 is 22.1. The van der Waals surface area contributed by atoms with E-state index in [9.17, 15) is 0 Å². The molecular formula is C55H30N4O3. The monoisotopic (exact) mass is 794 g/mol. The van der Waals surface area contributed by atoms with E-state index in [0.717, 1.165) is 93.6 Å². The van der Waals surface area contributed by atoms with Crippen LogP contribution in [0.4, 0.5) is 0 Å². The molecule has 0 N–H and O–H groups in total. The smallest absolute Gasteiger partial charge is 0.167 e. The number of furan rings is 3. The van der Waals surface area contributed by atoms with E-state index in [1.165, 1.54) is 21.5 Å². The summed E-state index contributed by atoms with van der Waals surface area (Å²) in [7, 11) is 0. The Morgan fingerprint density at radius 1 is 0.323 bits per heavy atom. The molecule has 0 saturated heterocycles. The Kier molecular flexibility index (Phi) is 6.71. The molecule has 14 aromatic rings. The Morgan fingerprint density at radius 2 is 0.806 bits per heavy atom. The lowest BCUT2D eigenvalue weighted by Crippen LogP contribution is -2.02. The fourth-order valence-electron chi connectivity index (χ4n) is 9.75. The van der Waals surface area contributed by atoms with Gasteiger partial charge in [0, 0.05) is 48.8 Å². The minimum Gasteiger partial charge on any atom is -0.456 e. The fraction of sp³-hybridized carbons (Fsp3) is 0. The molecule has 0 unspecified atom stereocenters. The van der Waals surface area contributed by atoms with E-state index in [0.29, 0.717) is 23.1 Å². The van der Waals surface area contributed by atoms with E-state index in [2.05, 4.69) is 114 Å². The van der Waals surface area contributed by atoms with Crippen molar-refractivity contribution in [3.63, 3.8) is 0 Å². The molecule has 62 heavy (non-hydrogen) atoms. The normalized spacial score (nSPS) is 12.2. The lowest BCUT2D eigenvalue weighted by Gasteiger charge is -2.13. The molecule has 0 atom stereocenters. The number of fused-ring (bicyclic) bond motifs is 13. The van der Waals surface area contributed by atoms with Gasteiger partial charge in [0.05, 0.1) is 27.7 Å². The van der Waals surface area contributed by atoms with Gasteiger partial charge in [-0.05, 0) is 71.4 Å². The van der Waals surface area contributed by atoms with Crippen molar-refractivity contribution >= 4 is 98.4 Å². The Balaban J connectivity index is 1.09. The second-order valence-corrected chi connectivity index (χ2v) is 15.9. The van der Waals surface area contributed by atoms with E-state index in [4.69, 9.17) is 28.2 Å². The summed E-state index contributed by atoms with van der Waals surface area (Å²) >= 11 is 0. The number of para-hydroxylation sites is 4. The molecule has 0 saturated carbocycles. The van der Waals surface area contributed by atoms with Gasteiger partial charge in [0.2, 0.25) is 0 Å². The molecule has 5 aromatic heterocycles. The predicted molar refractivity (Wildman–Crippen MR) is 250 cm³/mol. The fourth-order valence-corrected chi connectivity index (χ4v) is 9.75. The Hall–Kier alpha value is -8.55. The van der Waals surface area contributed by atoms with E-state index in [-0.39, 0.29) is 0 Å². The first kappa shape index (κ1) is 33.3. The van der Waals surface area contributed by atoms with Gasteiger partial charge in [-0.25, -0.2) is 15.0 Å². The maximum atomic E-state index is 6.95. The quantitative estimate of drug-likeness (QED) is 0.176. The molecule has 7 nitrogen and oxygen atoms in total. The van der Waals surface area contributed by atoms with Crippen molar-refractivity contribution < 1.29 is 13.3 Å². The van der Waals surface area contributed by atoms with Gasteiger partial charge in [0.25, 0.3) is 0 Å². The largest absolute Gasteiger partial charge is 0.456 e. The summed E-state index contributed by atoms with van der Waals surface area (Å²) in [6.07, 6.45) is 0. The van der Waals surface area contributed by atoms with Gasteiger partial charge in [-0.15, -0.1) is 0 Å². The SMILES string of the molecule is c1ccc2cc3c(cc2c1)c1ccccc1n3-c1ccc(-c2nc(-c3cccc4oc5ccccc5c34)nc(-c3cccc4oc5ccccc5c34)n2)c2oc3ccccc3c12. The van der Waals surface area contributed by atoms with Gasteiger partial charge in [-0.3, -0.25) is 0 Å². The average molecular weight is 795 g/mol. The maximum absolute atomic E-state index is 6.95. The molecule has 9 aromatic carbocycles. The summed E-state index contributed by atoms with van der Waals surface area (Å²) in [5, 5.41) is 10.6. The Bertz CT molecular complexity index is 4060. The first-order valence-corrected chi connectivity index (χ1v) is 20.7. The highest BCUT2D eigenvalue weighted by molar-refractivity contribution is 6.19. The van der Waals surface area contributed by atoms with Crippen LogP contribution < -0.4 is 0 Å². The third-order valence-corrected chi connectivity index (χ3v) is 12.4. The van der Waals surface area contributed by atoms with Crippen LogP contribution >= 0.6 is 0 Å². The van der Waals surface area contributed by atoms with Gasteiger partial charge in [-0.2, -0.15) is 0 Å². The number of aromatic nitrogens is 4. The predicted octanol–water partition coefficient (Wildman–Crippen LogP) is 14.8. The molecular weight excluding hydrogens is 765 g/mol. The molecule has 0 aliphatic heterocycles. The number of hydrogen-bond acceptors (Lipinski definition) is 6. The highest BCUT2D eigenvalue weighted by Crippen LogP contribution is 2.44. The number of hydrogen-bond donors (Lipinski definition) is 0. The Morgan fingerprint density at radius 3 is 1.44 bits per heavy atom. The van der Waals surface area contributed by atoms with Gasteiger partial charge in [-0.1, -0.05) is 121 Å². The number of benzene rings is 9. The molecule has 0 spiro atoms. The first-order chi connectivity index (χ1) is 30.7. The zero-order valence-corrected chi connectivity index (χ0v) is 32.8. The summed E-state index contributed by atoms with van der Waals surface area (Å²) in [4.78, 5) is 16.0. The third kappa shape index (κ3) is 4.67. The number of nitrogens with zero attached hydrogens (tertiary/aromatic N) is 4.